The third kappa shape index (κ3) is 3.27. The number of nitrogens with zero attached hydrogens (tertiary/aromatic N) is 1. The highest BCUT2D eigenvalue weighted by Gasteiger charge is 2.38. The van der Waals surface area contributed by atoms with Gasteiger partial charge in [-0.2, -0.15) is 4.31 Å². The Hall–Kier alpha value is -2.43. The standard InChI is InChI=1S/C24H25NO2S/c1-17-7-11-21(12-8-17)24-23-19(3)5-4-6-20(23)15-16-25(24)28(26,27)22-13-9-18(2)10-14-22/h4-14,24H,15-16H2,1-3H3. The van der Waals surface area contributed by atoms with Gasteiger partial charge >= 0.3 is 0 Å². The maximum absolute atomic E-state index is 13.6. The molecule has 4 heteroatoms. The smallest absolute Gasteiger partial charge is 0.207 e. The molecular weight excluding hydrogens is 366 g/mol. The first-order chi connectivity index (χ1) is 13.4. The van der Waals surface area contributed by atoms with Gasteiger partial charge in [0, 0.05) is 6.54 Å². The maximum Gasteiger partial charge on any atom is 0.243 e. The second kappa shape index (κ2) is 7.19. The second-order valence-electron chi connectivity index (χ2n) is 7.64. The third-order valence-corrected chi connectivity index (χ3v) is 7.48. The molecule has 0 fully saturated rings. The molecule has 0 spiro atoms. The molecule has 3 nitrogen and oxygen atoms in total. The second-order valence-corrected chi connectivity index (χ2v) is 9.53. The first-order valence-electron chi connectivity index (χ1n) is 9.61. The monoisotopic (exact) mass is 391 g/mol. The van der Waals surface area contributed by atoms with Crippen LogP contribution in [0.5, 0.6) is 0 Å². The minimum atomic E-state index is -3.61. The lowest BCUT2D eigenvalue weighted by atomic mass is 9.86. The van der Waals surface area contributed by atoms with Crippen molar-refractivity contribution in [2.24, 2.45) is 0 Å². The summed E-state index contributed by atoms with van der Waals surface area (Å²) in [6.45, 7) is 6.56. The predicted molar refractivity (Wildman–Crippen MR) is 113 cm³/mol. The lowest BCUT2D eigenvalue weighted by molar-refractivity contribution is 0.343. The van der Waals surface area contributed by atoms with Gasteiger partial charge in [0.05, 0.1) is 10.9 Å². The van der Waals surface area contributed by atoms with Crippen molar-refractivity contribution in [3.63, 3.8) is 0 Å². The number of aryl methyl sites for hydroxylation is 3. The van der Waals surface area contributed by atoms with Crippen LogP contribution in [0.4, 0.5) is 0 Å². The molecule has 1 unspecified atom stereocenters. The van der Waals surface area contributed by atoms with Gasteiger partial charge in [-0.05, 0) is 61.6 Å². The lowest BCUT2D eigenvalue weighted by Gasteiger charge is -2.37. The van der Waals surface area contributed by atoms with Crippen molar-refractivity contribution < 1.29 is 8.42 Å². The summed E-state index contributed by atoms with van der Waals surface area (Å²) in [6.07, 6.45) is 0.727. The van der Waals surface area contributed by atoms with E-state index in [4.69, 9.17) is 0 Å². The Morgan fingerprint density at radius 2 is 1.43 bits per heavy atom. The van der Waals surface area contributed by atoms with Crippen molar-refractivity contribution in [1.29, 1.82) is 0 Å². The van der Waals surface area contributed by atoms with Crippen molar-refractivity contribution in [2.75, 3.05) is 6.54 Å². The maximum atomic E-state index is 13.6. The molecule has 28 heavy (non-hydrogen) atoms. The van der Waals surface area contributed by atoms with Crippen molar-refractivity contribution in [3.8, 4) is 0 Å². The highest BCUT2D eigenvalue weighted by molar-refractivity contribution is 7.89. The number of hydrogen-bond donors (Lipinski definition) is 0. The Balaban J connectivity index is 1.89. The van der Waals surface area contributed by atoms with Crippen molar-refractivity contribution in [2.45, 2.75) is 38.1 Å². The molecule has 1 atom stereocenters. The van der Waals surface area contributed by atoms with Crippen LogP contribution in [0.25, 0.3) is 0 Å². The van der Waals surface area contributed by atoms with E-state index in [0.29, 0.717) is 11.4 Å². The molecule has 0 amide bonds. The van der Waals surface area contributed by atoms with Crippen LogP contribution in [-0.4, -0.2) is 19.3 Å². The fourth-order valence-corrected chi connectivity index (χ4v) is 5.63. The van der Waals surface area contributed by atoms with E-state index in [9.17, 15) is 8.42 Å². The van der Waals surface area contributed by atoms with E-state index in [0.717, 1.165) is 34.2 Å². The molecule has 0 saturated carbocycles. The summed E-state index contributed by atoms with van der Waals surface area (Å²) in [4.78, 5) is 0.354. The van der Waals surface area contributed by atoms with Gasteiger partial charge in [0.1, 0.15) is 0 Å². The zero-order valence-corrected chi connectivity index (χ0v) is 17.3. The van der Waals surface area contributed by atoms with Gasteiger partial charge in [0.15, 0.2) is 0 Å². The van der Waals surface area contributed by atoms with Gasteiger partial charge in [-0.15, -0.1) is 0 Å². The number of sulfonamides is 1. The van der Waals surface area contributed by atoms with Gasteiger partial charge in [-0.1, -0.05) is 65.7 Å². The van der Waals surface area contributed by atoms with Crippen LogP contribution in [0.3, 0.4) is 0 Å². The number of benzene rings is 3. The van der Waals surface area contributed by atoms with Crippen molar-refractivity contribution >= 4 is 10.0 Å². The van der Waals surface area contributed by atoms with Crippen molar-refractivity contribution in [1.82, 2.24) is 4.31 Å². The van der Waals surface area contributed by atoms with Crippen LogP contribution in [0.2, 0.25) is 0 Å². The highest BCUT2D eigenvalue weighted by atomic mass is 32.2. The SMILES string of the molecule is Cc1ccc(C2c3c(C)cccc3CCN2S(=O)(=O)c2ccc(C)cc2)cc1. The zero-order valence-electron chi connectivity index (χ0n) is 16.5. The summed E-state index contributed by atoms with van der Waals surface area (Å²) < 4.78 is 28.9. The van der Waals surface area contributed by atoms with Crippen LogP contribution >= 0.6 is 0 Å². The Bertz CT molecular complexity index is 1100. The van der Waals surface area contributed by atoms with E-state index in [1.807, 2.05) is 26.0 Å². The van der Waals surface area contributed by atoms with E-state index in [1.165, 1.54) is 5.56 Å². The first kappa shape index (κ1) is 18.9. The predicted octanol–water partition coefficient (Wildman–Crippen LogP) is 4.95. The normalized spacial score (nSPS) is 17.3. The molecule has 1 aliphatic heterocycles. The molecule has 144 valence electrons. The molecule has 4 rings (SSSR count). The molecule has 3 aromatic carbocycles. The molecular formula is C24H25NO2S. The molecule has 0 aromatic heterocycles. The largest absolute Gasteiger partial charge is 0.243 e. The topological polar surface area (TPSA) is 37.4 Å². The van der Waals surface area contributed by atoms with Crippen LogP contribution in [0.15, 0.2) is 71.6 Å². The third-order valence-electron chi connectivity index (χ3n) is 5.60. The Morgan fingerprint density at radius 1 is 0.821 bits per heavy atom. The molecule has 0 saturated heterocycles. The minimum absolute atomic E-state index is 0.308. The average molecular weight is 392 g/mol. The van der Waals surface area contributed by atoms with E-state index < -0.39 is 10.0 Å². The van der Waals surface area contributed by atoms with Crippen LogP contribution in [-0.2, 0) is 16.4 Å². The number of hydrogen-bond acceptors (Lipinski definition) is 2. The molecule has 3 aromatic rings. The summed E-state index contributed by atoms with van der Waals surface area (Å²) in [5.41, 5.74) is 6.71. The minimum Gasteiger partial charge on any atom is -0.207 e. The van der Waals surface area contributed by atoms with Gasteiger partial charge in [-0.3, -0.25) is 0 Å². The number of rotatable bonds is 3. The quantitative estimate of drug-likeness (QED) is 0.634. The number of fused-ring (bicyclic) bond motifs is 1. The van der Waals surface area contributed by atoms with E-state index in [-0.39, 0.29) is 6.04 Å². The Labute approximate surface area is 167 Å². The first-order valence-corrected chi connectivity index (χ1v) is 11.1. The van der Waals surface area contributed by atoms with Crippen LogP contribution in [0.1, 0.15) is 39.4 Å². The molecule has 0 N–H and O–H groups in total. The highest BCUT2D eigenvalue weighted by Crippen LogP contribution is 2.40. The van der Waals surface area contributed by atoms with E-state index >= 15 is 0 Å². The summed E-state index contributed by atoms with van der Waals surface area (Å²) in [6, 6.07) is 21.3. The molecule has 0 radical (unpaired) electrons. The molecule has 0 bridgehead atoms. The summed E-state index contributed by atoms with van der Waals surface area (Å²) in [5, 5.41) is 0. The summed E-state index contributed by atoms with van der Waals surface area (Å²) in [7, 11) is -3.61. The molecule has 1 aliphatic rings. The van der Waals surface area contributed by atoms with Crippen molar-refractivity contribution in [3.05, 3.63) is 100 Å². The van der Waals surface area contributed by atoms with Crippen LogP contribution in [0, 0.1) is 20.8 Å². The van der Waals surface area contributed by atoms with Crippen LogP contribution < -0.4 is 0 Å². The van der Waals surface area contributed by atoms with Gasteiger partial charge < -0.3 is 0 Å². The van der Waals surface area contributed by atoms with Gasteiger partial charge in [0.2, 0.25) is 10.0 Å². The summed E-state index contributed by atoms with van der Waals surface area (Å²) in [5.74, 6) is 0. The zero-order chi connectivity index (χ0) is 19.9. The summed E-state index contributed by atoms with van der Waals surface area (Å²) >= 11 is 0. The van der Waals surface area contributed by atoms with Gasteiger partial charge in [-0.25, -0.2) is 8.42 Å². The molecule has 1 heterocycles. The Kier molecular flexibility index (Phi) is 4.86. The average Bonchev–Trinajstić information content (AvgIpc) is 2.68. The molecule has 0 aliphatic carbocycles. The fourth-order valence-electron chi connectivity index (χ4n) is 4.04. The van der Waals surface area contributed by atoms with Gasteiger partial charge in [0.25, 0.3) is 0 Å². The fraction of sp³-hybridized carbons (Fsp3) is 0.250. The lowest BCUT2D eigenvalue weighted by Crippen LogP contribution is -2.41. The van der Waals surface area contributed by atoms with E-state index in [2.05, 4.69) is 49.4 Å². The Morgan fingerprint density at radius 3 is 2.07 bits per heavy atom. The van der Waals surface area contributed by atoms with E-state index in [1.54, 1.807) is 16.4 Å².